The minimum absolute atomic E-state index is 0.0801. The molecule has 1 aliphatic heterocycles. The van der Waals surface area contributed by atoms with Crippen molar-refractivity contribution in [2.45, 2.75) is 58.6 Å². The average molecular weight is 271 g/mol. The maximum absolute atomic E-state index is 5.84. The van der Waals surface area contributed by atoms with E-state index < -0.39 is 5.79 Å². The molecule has 102 valence electrons. The summed E-state index contributed by atoms with van der Waals surface area (Å²) < 4.78 is 11.4. The summed E-state index contributed by atoms with van der Waals surface area (Å²) in [6.45, 7) is 10.7. The van der Waals surface area contributed by atoms with Gasteiger partial charge in [0, 0.05) is 6.04 Å². The summed E-state index contributed by atoms with van der Waals surface area (Å²) in [4.78, 5) is 0. The first-order valence-electron chi connectivity index (χ1n) is 6.25. The molecule has 18 heavy (non-hydrogen) atoms. The largest absolute Gasteiger partial charge is 0.348 e. The van der Waals surface area contributed by atoms with Gasteiger partial charge in [-0.2, -0.15) is 0 Å². The average Bonchev–Trinajstić information content (AvgIpc) is 2.84. The predicted octanol–water partition coefficient (Wildman–Crippen LogP) is 2.04. The van der Waals surface area contributed by atoms with Gasteiger partial charge in [-0.05, 0) is 34.6 Å². The lowest BCUT2D eigenvalue weighted by Crippen LogP contribution is -2.41. The smallest absolute Gasteiger partial charge is 0.163 e. The number of ether oxygens (including phenoxy) is 2. The van der Waals surface area contributed by atoms with E-state index in [0.717, 1.165) is 10.0 Å². The minimum Gasteiger partial charge on any atom is -0.348 e. The molecule has 0 amide bonds. The molecule has 2 heterocycles. The van der Waals surface area contributed by atoms with E-state index in [1.807, 2.05) is 20.8 Å². The number of nitrogens with zero attached hydrogens (tertiary/aromatic N) is 2. The maximum Gasteiger partial charge on any atom is 0.163 e. The van der Waals surface area contributed by atoms with Crippen LogP contribution in [0.15, 0.2) is 0 Å². The number of aromatic nitrogens is 2. The molecule has 1 aromatic rings. The Bertz CT molecular complexity index is 408. The highest BCUT2D eigenvalue weighted by molar-refractivity contribution is 7.11. The summed E-state index contributed by atoms with van der Waals surface area (Å²) in [7, 11) is 0. The lowest BCUT2D eigenvalue weighted by molar-refractivity contribution is -0.141. The van der Waals surface area contributed by atoms with Crippen molar-refractivity contribution in [2.75, 3.05) is 6.61 Å². The Morgan fingerprint density at radius 3 is 2.61 bits per heavy atom. The van der Waals surface area contributed by atoms with Crippen molar-refractivity contribution < 1.29 is 9.47 Å². The molecule has 2 rings (SSSR count). The van der Waals surface area contributed by atoms with Crippen molar-refractivity contribution in [3.8, 4) is 0 Å². The predicted molar refractivity (Wildman–Crippen MR) is 70.6 cm³/mol. The highest BCUT2D eigenvalue weighted by Gasteiger charge is 2.36. The standard InChI is InChI=1S/C12H21N3O2S/c1-7(10-6-16-12(4,5)17-10)13-8(2)11-15-14-9(3)18-11/h7-8,10,13H,6H2,1-5H3/t7?,8?,10-/m1/s1. The van der Waals surface area contributed by atoms with Gasteiger partial charge in [-0.1, -0.05) is 0 Å². The van der Waals surface area contributed by atoms with Crippen LogP contribution >= 0.6 is 11.3 Å². The quantitative estimate of drug-likeness (QED) is 0.908. The van der Waals surface area contributed by atoms with Gasteiger partial charge in [0.2, 0.25) is 0 Å². The molecule has 0 spiro atoms. The van der Waals surface area contributed by atoms with Gasteiger partial charge in [-0.15, -0.1) is 21.5 Å². The molecule has 6 heteroatoms. The molecule has 0 aliphatic carbocycles. The van der Waals surface area contributed by atoms with Crippen molar-refractivity contribution >= 4 is 11.3 Å². The fourth-order valence-corrected chi connectivity index (χ4v) is 2.73. The topological polar surface area (TPSA) is 56.3 Å². The van der Waals surface area contributed by atoms with Crippen LogP contribution in [0.5, 0.6) is 0 Å². The SMILES string of the molecule is Cc1nnc(C(C)NC(C)[C@H]2COC(C)(C)O2)s1. The number of aryl methyl sites for hydroxylation is 1. The summed E-state index contributed by atoms with van der Waals surface area (Å²) in [5.74, 6) is -0.469. The van der Waals surface area contributed by atoms with Gasteiger partial charge in [0.15, 0.2) is 5.79 Å². The maximum atomic E-state index is 5.84. The first kappa shape index (κ1) is 13.9. The molecular formula is C12H21N3O2S. The molecule has 0 aromatic carbocycles. The van der Waals surface area contributed by atoms with Gasteiger partial charge in [0.05, 0.1) is 18.8 Å². The van der Waals surface area contributed by atoms with E-state index in [9.17, 15) is 0 Å². The van der Waals surface area contributed by atoms with Gasteiger partial charge in [0.25, 0.3) is 0 Å². The molecule has 1 aliphatic rings. The lowest BCUT2D eigenvalue weighted by atomic mass is 10.2. The molecule has 3 atom stereocenters. The zero-order valence-electron chi connectivity index (χ0n) is 11.6. The third-order valence-corrected chi connectivity index (χ3v) is 4.03. The van der Waals surface area contributed by atoms with E-state index in [1.165, 1.54) is 0 Å². The van der Waals surface area contributed by atoms with E-state index in [4.69, 9.17) is 9.47 Å². The Hall–Kier alpha value is -0.560. The van der Waals surface area contributed by atoms with Crippen LogP contribution in [0.25, 0.3) is 0 Å². The van der Waals surface area contributed by atoms with Crippen molar-refractivity contribution in [1.82, 2.24) is 15.5 Å². The second-order valence-corrected chi connectivity index (χ2v) is 6.42. The van der Waals surface area contributed by atoms with Gasteiger partial charge in [-0.3, -0.25) is 0 Å². The minimum atomic E-state index is -0.469. The van der Waals surface area contributed by atoms with Gasteiger partial charge in [-0.25, -0.2) is 0 Å². The van der Waals surface area contributed by atoms with E-state index in [1.54, 1.807) is 11.3 Å². The molecule has 0 bridgehead atoms. The van der Waals surface area contributed by atoms with Gasteiger partial charge >= 0.3 is 0 Å². The first-order chi connectivity index (χ1) is 8.37. The van der Waals surface area contributed by atoms with E-state index >= 15 is 0 Å². The fraction of sp³-hybridized carbons (Fsp3) is 0.833. The Kier molecular flexibility index (Phi) is 4.01. The number of hydrogen-bond acceptors (Lipinski definition) is 6. The lowest BCUT2D eigenvalue weighted by Gasteiger charge is -2.24. The van der Waals surface area contributed by atoms with Gasteiger partial charge < -0.3 is 14.8 Å². The van der Waals surface area contributed by atoms with Crippen LogP contribution in [0, 0.1) is 6.92 Å². The normalized spacial score (nSPS) is 26.2. The molecule has 0 radical (unpaired) electrons. The van der Waals surface area contributed by atoms with Crippen LogP contribution in [0.4, 0.5) is 0 Å². The zero-order valence-corrected chi connectivity index (χ0v) is 12.4. The molecule has 5 nitrogen and oxygen atoms in total. The van der Waals surface area contributed by atoms with Gasteiger partial charge in [0.1, 0.15) is 10.0 Å². The fourth-order valence-electron chi connectivity index (χ4n) is 2.02. The van der Waals surface area contributed by atoms with Crippen molar-refractivity contribution in [1.29, 1.82) is 0 Å². The Morgan fingerprint density at radius 2 is 2.11 bits per heavy atom. The number of hydrogen-bond donors (Lipinski definition) is 1. The van der Waals surface area contributed by atoms with Crippen molar-refractivity contribution in [2.24, 2.45) is 0 Å². The molecule has 1 fully saturated rings. The van der Waals surface area contributed by atoms with Crippen LogP contribution < -0.4 is 5.32 Å². The summed E-state index contributed by atoms with van der Waals surface area (Å²) >= 11 is 1.62. The zero-order chi connectivity index (χ0) is 13.3. The molecule has 1 aromatic heterocycles. The van der Waals surface area contributed by atoms with E-state index in [-0.39, 0.29) is 18.2 Å². The highest BCUT2D eigenvalue weighted by Crippen LogP contribution is 2.25. The monoisotopic (exact) mass is 271 g/mol. The molecule has 0 saturated carbocycles. The van der Waals surface area contributed by atoms with Crippen LogP contribution in [-0.2, 0) is 9.47 Å². The summed E-state index contributed by atoms with van der Waals surface area (Å²) in [5.41, 5.74) is 0. The van der Waals surface area contributed by atoms with Crippen molar-refractivity contribution in [3.63, 3.8) is 0 Å². The van der Waals surface area contributed by atoms with E-state index in [2.05, 4.69) is 29.4 Å². The number of nitrogens with one attached hydrogen (secondary N) is 1. The first-order valence-corrected chi connectivity index (χ1v) is 7.07. The van der Waals surface area contributed by atoms with Crippen LogP contribution in [-0.4, -0.2) is 34.7 Å². The van der Waals surface area contributed by atoms with Crippen LogP contribution in [0.3, 0.4) is 0 Å². The van der Waals surface area contributed by atoms with Crippen molar-refractivity contribution in [3.05, 3.63) is 10.0 Å². The molecule has 1 saturated heterocycles. The number of rotatable bonds is 4. The Balaban J connectivity index is 1.90. The Labute approximate surface area is 112 Å². The Morgan fingerprint density at radius 1 is 1.39 bits per heavy atom. The molecule has 2 unspecified atom stereocenters. The summed E-state index contributed by atoms with van der Waals surface area (Å²) in [6.07, 6.45) is 0.0801. The molecular weight excluding hydrogens is 250 g/mol. The third kappa shape index (κ3) is 3.26. The second-order valence-electron chi connectivity index (χ2n) is 5.20. The van der Waals surface area contributed by atoms with Crippen LogP contribution in [0.2, 0.25) is 0 Å². The van der Waals surface area contributed by atoms with E-state index in [0.29, 0.717) is 6.61 Å². The second kappa shape index (κ2) is 5.21. The van der Waals surface area contributed by atoms with Crippen LogP contribution in [0.1, 0.15) is 43.8 Å². The summed E-state index contributed by atoms with van der Waals surface area (Å²) in [5, 5.41) is 13.7. The third-order valence-electron chi connectivity index (χ3n) is 3.01. The molecule has 1 N–H and O–H groups in total. The highest BCUT2D eigenvalue weighted by atomic mass is 32.1. The summed E-state index contributed by atoms with van der Waals surface area (Å²) in [6, 6.07) is 0.393.